The van der Waals surface area contributed by atoms with Gasteiger partial charge in [0.25, 0.3) is 5.91 Å². The molecule has 116 valence electrons. The summed E-state index contributed by atoms with van der Waals surface area (Å²) in [4.78, 5) is 12.1. The predicted octanol–water partition coefficient (Wildman–Crippen LogP) is 4.80. The third-order valence-electron chi connectivity index (χ3n) is 2.80. The number of alkyl halides is 3. The fraction of sp³-hybridized carbons (Fsp3) is 0.133. The molecule has 0 aliphatic heterocycles. The van der Waals surface area contributed by atoms with Gasteiger partial charge in [0.1, 0.15) is 5.75 Å². The van der Waals surface area contributed by atoms with Crippen molar-refractivity contribution in [2.24, 2.45) is 0 Å². The number of rotatable bonds is 3. The molecule has 0 aromatic heterocycles. The van der Waals surface area contributed by atoms with Crippen LogP contribution in [0.5, 0.6) is 5.75 Å². The van der Waals surface area contributed by atoms with E-state index in [0.717, 1.165) is 17.7 Å². The van der Waals surface area contributed by atoms with E-state index >= 15 is 0 Å². The Hall–Kier alpha value is -2.21. The van der Waals surface area contributed by atoms with E-state index in [0.29, 0.717) is 10.7 Å². The van der Waals surface area contributed by atoms with Gasteiger partial charge in [0, 0.05) is 16.3 Å². The Bertz CT molecular complexity index is 684. The zero-order valence-corrected chi connectivity index (χ0v) is 12.1. The number of carbonyl (C=O) groups excluding carboxylic acids is 1. The number of halogens is 4. The Balaban J connectivity index is 2.11. The van der Waals surface area contributed by atoms with Crippen molar-refractivity contribution in [1.29, 1.82) is 0 Å². The van der Waals surface area contributed by atoms with Crippen molar-refractivity contribution in [3.63, 3.8) is 0 Å². The summed E-state index contributed by atoms with van der Waals surface area (Å²) in [6.07, 6.45) is -4.76. The summed E-state index contributed by atoms with van der Waals surface area (Å²) in [5.74, 6) is -0.841. The highest BCUT2D eigenvalue weighted by atomic mass is 35.5. The lowest BCUT2D eigenvalue weighted by Gasteiger charge is -2.10. The van der Waals surface area contributed by atoms with Crippen LogP contribution in [-0.2, 0) is 0 Å². The van der Waals surface area contributed by atoms with Gasteiger partial charge in [-0.15, -0.1) is 13.2 Å². The smallest absolute Gasteiger partial charge is 0.406 e. The lowest BCUT2D eigenvalue weighted by Crippen LogP contribution is -2.17. The molecule has 0 atom stereocenters. The first kappa shape index (κ1) is 16.2. The van der Waals surface area contributed by atoms with Gasteiger partial charge in [-0.2, -0.15) is 0 Å². The zero-order valence-electron chi connectivity index (χ0n) is 11.4. The van der Waals surface area contributed by atoms with E-state index in [9.17, 15) is 18.0 Å². The number of hydrogen-bond donors (Lipinski definition) is 1. The van der Waals surface area contributed by atoms with E-state index in [2.05, 4.69) is 10.1 Å². The molecule has 1 amide bonds. The van der Waals surface area contributed by atoms with Gasteiger partial charge in [0.2, 0.25) is 0 Å². The lowest BCUT2D eigenvalue weighted by atomic mass is 10.1. The average Bonchev–Trinajstić information content (AvgIpc) is 2.42. The molecule has 0 aliphatic carbocycles. The molecule has 3 nitrogen and oxygen atoms in total. The summed E-state index contributed by atoms with van der Waals surface area (Å²) >= 11 is 5.85. The summed E-state index contributed by atoms with van der Waals surface area (Å²) in [6, 6.07) is 9.68. The number of anilines is 1. The normalized spacial score (nSPS) is 11.1. The Morgan fingerprint density at radius 1 is 1.14 bits per heavy atom. The molecular weight excluding hydrogens is 319 g/mol. The molecule has 0 radical (unpaired) electrons. The molecule has 0 fully saturated rings. The van der Waals surface area contributed by atoms with Crippen molar-refractivity contribution in [2.75, 3.05) is 5.32 Å². The number of amides is 1. The second kappa shape index (κ2) is 6.27. The maximum atomic E-state index is 12.1. The lowest BCUT2D eigenvalue weighted by molar-refractivity contribution is -0.274. The van der Waals surface area contributed by atoms with E-state index < -0.39 is 12.3 Å². The minimum Gasteiger partial charge on any atom is -0.406 e. The quantitative estimate of drug-likeness (QED) is 0.878. The Labute approximate surface area is 129 Å². The van der Waals surface area contributed by atoms with Crippen LogP contribution in [0, 0.1) is 6.92 Å². The van der Waals surface area contributed by atoms with Crippen molar-refractivity contribution in [3.8, 4) is 5.75 Å². The first-order chi connectivity index (χ1) is 10.2. The van der Waals surface area contributed by atoms with Gasteiger partial charge < -0.3 is 10.1 Å². The molecule has 1 N–H and O–H groups in total. The van der Waals surface area contributed by atoms with Crippen molar-refractivity contribution >= 4 is 23.2 Å². The van der Waals surface area contributed by atoms with Crippen molar-refractivity contribution in [2.45, 2.75) is 13.3 Å². The minimum absolute atomic E-state index is 0.203. The third kappa shape index (κ3) is 4.39. The first-order valence-electron chi connectivity index (χ1n) is 6.18. The SMILES string of the molecule is Cc1ccc(Cl)cc1NC(=O)c1ccc(OC(F)(F)F)cc1. The summed E-state index contributed by atoms with van der Waals surface area (Å²) in [5, 5.41) is 3.12. The van der Waals surface area contributed by atoms with Gasteiger partial charge in [0.15, 0.2) is 0 Å². The highest BCUT2D eigenvalue weighted by Crippen LogP contribution is 2.24. The number of carbonyl (C=O) groups is 1. The molecule has 2 aromatic carbocycles. The van der Waals surface area contributed by atoms with Crippen molar-refractivity contribution < 1.29 is 22.7 Å². The van der Waals surface area contributed by atoms with Crippen LogP contribution in [0.25, 0.3) is 0 Å². The fourth-order valence-corrected chi connectivity index (χ4v) is 1.90. The van der Waals surface area contributed by atoms with Crippen LogP contribution in [0.4, 0.5) is 18.9 Å². The molecule has 0 aliphatic rings. The van der Waals surface area contributed by atoms with Gasteiger partial charge in [-0.1, -0.05) is 17.7 Å². The van der Waals surface area contributed by atoms with Gasteiger partial charge in [-0.3, -0.25) is 4.79 Å². The summed E-state index contributed by atoms with van der Waals surface area (Å²) in [7, 11) is 0. The van der Waals surface area contributed by atoms with E-state index in [-0.39, 0.29) is 11.3 Å². The maximum Gasteiger partial charge on any atom is 0.573 e. The number of nitrogens with one attached hydrogen (secondary N) is 1. The average molecular weight is 330 g/mol. The summed E-state index contributed by atoms with van der Waals surface area (Å²) < 4.78 is 39.9. The molecule has 2 rings (SSSR count). The van der Waals surface area contributed by atoms with Gasteiger partial charge in [-0.25, -0.2) is 0 Å². The Morgan fingerprint density at radius 2 is 1.77 bits per heavy atom. The molecule has 0 unspecified atom stereocenters. The zero-order chi connectivity index (χ0) is 16.3. The number of hydrogen-bond acceptors (Lipinski definition) is 2. The van der Waals surface area contributed by atoms with Gasteiger partial charge >= 0.3 is 6.36 Å². The highest BCUT2D eigenvalue weighted by molar-refractivity contribution is 6.31. The molecule has 2 aromatic rings. The second-order valence-electron chi connectivity index (χ2n) is 4.49. The van der Waals surface area contributed by atoms with E-state index in [1.54, 1.807) is 25.1 Å². The van der Waals surface area contributed by atoms with Gasteiger partial charge in [-0.05, 0) is 48.9 Å². The largest absolute Gasteiger partial charge is 0.573 e. The first-order valence-corrected chi connectivity index (χ1v) is 6.56. The van der Waals surface area contributed by atoms with Crippen molar-refractivity contribution in [1.82, 2.24) is 0 Å². The number of benzene rings is 2. The number of ether oxygens (including phenoxy) is 1. The third-order valence-corrected chi connectivity index (χ3v) is 3.03. The summed E-state index contributed by atoms with van der Waals surface area (Å²) in [5.41, 5.74) is 1.55. The fourth-order valence-electron chi connectivity index (χ4n) is 1.73. The second-order valence-corrected chi connectivity index (χ2v) is 4.92. The molecule has 0 saturated carbocycles. The topological polar surface area (TPSA) is 38.3 Å². The minimum atomic E-state index is -4.76. The van der Waals surface area contributed by atoms with Crippen LogP contribution in [-0.4, -0.2) is 12.3 Å². The van der Waals surface area contributed by atoms with Crippen LogP contribution in [0.3, 0.4) is 0 Å². The van der Waals surface area contributed by atoms with E-state index in [1.165, 1.54) is 12.1 Å². The molecule has 0 bridgehead atoms. The van der Waals surface area contributed by atoms with E-state index in [1.807, 2.05) is 0 Å². The van der Waals surface area contributed by atoms with Crippen LogP contribution in [0.2, 0.25) is 5.02 Å². The standard InChI is InChI=1S/C15H11ClF3NO2/c1-9-2-5-11(16)8-13(9)20-14(21)10-3-6-12(7-4-10)22-15(17,18)19/h2-8H,1H3,(H,20,21). The molecule has 0 spiro atoms. The van der Waals surface area contributed by atoms with Crippen molar-refractivity contribution in [3.05, 3.63) is 58.6 Å². The van der Waals surface area contributed by atoms with Crippen LogP contribution >= 0.6 is 11.6 Å². The van der Waals surface area contributed by atoms with Gasteiger partial charge in [0.05, 0.1) is 0 Å². The monoisotopic (exact) mass is 329 g/mol. The molecule has 0 saturated heterocycles. The molecule has 0 heterocycles. The number of aryl methyl sites for hydroxylation is 1. The van der Waals surface area contributed by atoms with E-state index in [4.69, 9.17) is 11.6 Å². The molecule has 7 heteroatoms. The van der Waals surface area contributed by atoms with Crippen LogP contribution in [0.15, 0.2) is 42.5 Å². The molecular formula is C15H11ClF3NO2. The highest BCUT2D eigenvalue weighted by Gasteiger charge is 2.31. The Morgan fingerprint density at radius 3 is 2.36 bits per heavy atom. The molecule has 22 heavy (non-hydrogen) atoms. The summed E-state index contributed by atoms with van der Waals surface area (Å²) in [6.45, 7) is 1.80. The predicted molar refractivity (Wildman–Crippen MR) is 77.3 cm³/mol. The van der Waals surface area contributed by atoms with Crippen LogP contribution in [0.1, 0.15) is 15.9 Å². The Kier molecular flexibility index (Phi) is 4.61. The maximum absolute atomic E-state index is 12.1. The van der Waals surface area contributed by atoms with Crippen LogP contribution < -0.4 is 10.1 Å².